The smallest absolute Gasteiger partial charge is 0.129 e. The Morgan fingerprint density at radius 1 is 1.33 bits per heavy atom. The quantitative estimate of drug-likeness (QED) is 0.240. The highest BCUT2D eigenvalue weighted by Gasteiger charge is 1.94. The SMILES string of the molecule is NN=C(N)CSc1ccccc1. The molecule has 0 aromatic heterocycles. The van der Waals surface area contributed by atoms with Crippen molar-refractivity contribution in [1.29, 1.82) is 0 Å². The Morgan fingerprint density at radius 3 is 2.58 bits per heavy atom. The van der Waals surface area contributed by atoms with Crippen molar-refractivity contribution in [2.45, 2.75) is 4.90 Å². The summed E-state index contributed by atoms with van der Waals surface area (Å²) in [6.45, 7) is 0. The first-order valence-electron chi connectivity index (χ1n) is 3.53. The third kappa shape index (κ3) is 2.84. The molecule has 0 radical (unpaired) electrons. The van der Waals surface area contributed by atoms with Crippen LogP contribution in [0.2, 0.25) is 0 Å². The molecule has 4 N–H and O–H groups in total. The Bertz CT molecular complexity index is 258. The predicted octanol–water partition coefficient (Wildman–Crippen LogP) is 1.01. The van der Waals surface area contributed by atoms with Gasteiger partial charge < -0.3 is 11.6 Å². The fourth-order valence-electron chi connectivity index (χ4n) is 0.711. The second-order valence-electron chi connectivity index (χ2n) is 2.22. The highest BCUT2D eigenvalue weighted by Crippen LogP contribution is 2.15. The number of hydrogen-bond acceptors (Lipinski definition) is 3. The van der Waals surface area contributed by atoms with Crippen LogP contribution in [0.15, 0.2) is 40.3 Å². The first-order chi connectivity index (χ1) is 5.83. The summed E-state index contributed by atoms with van der Waals surface area (Å²) in [5.41, 5.74) is 5.42. The molecule has 0 aliphatic rings. The lowest BCUT2D eigenvalue weighted by Gasteiger charge is -1.98. The van der Waals surface area contributed by atoms with E-state index in [9.17, 15) is 0 Å². The van der Waals surface area contributed by atoms with Crippen molar-refractivity contribution in [3.63, 3.8) is 0 Å². The zero-order valence-electron chi connectivity index (χ0n) is 6.60. The van der Waals surface area contributed by atoms with Crippen LogP contribution in [0.4, 0.5) is 0 Å². The molecule has 0 amide bonds. The van der Waals surface area contributed by atoms with Gasteiger partial charge in [-0.1, -0.05) is 18.2 Å². The van der Waals surface area contributed by atoms with Crippen molar-refractivity contribution in [2.24, 2.45) is 16.7 Å². The van der Waals surface area contributed by atoms with E-state index in [1.54, 1.807) is 11.8 Å². The highest BCUT2D eigenvalue weighted by molar-refractivity contribution is 8.00. The van der Waals surface area contributed by atoms with E-state index >= 15 is 0 Å². The van der Waals surface area contributed by atoms with Gasteiger partial charge in [0.2, 0.25) is 0 Å². The minimum Gasteiger partial charge on any atom is -0.385 e. The van der Waals surface area contributed by atoms with Crippen LogP contribution in [0.1, 0.15) is 0 Å². The van der Waals surface area contributed by atoms with Crippen LogP contribution in [-0.2, 0) is 0 Å². The number of hydrogen-bond donors (Lipinski definition) is 2. The summed E-state index contributed by atoms with van der Waals surface area (Å²) >= 11 is 1.62. The summed E-state index contributed by atoms with van der Waals surface area (Å²) in [7, 11) is 0. The molecule has 0 spiro atoms. The second-order valence-corrected chi connectivity index (χ2v) is 3.27. The van der Waals surface area contributed by atoms with E-state index in [2.05, 4.69) is 5.10 Å². The molecule has 0 unspecified atom stereocenters. The van der Waals surface area contributed by atoms with Crippen molar-refractivity contribution in [2.75, 3.05) is 5.75 Å². The zero-order chi connectivity index (χ0) is 8.81. The van der Waals surface area contributed by atoms with Crippen molar-refractivity contribution >= 4 is 17.6 Å². The van der Waals surface area contributed by atoms with Gasteiger partial charge in [-0.2, -0.15) is 5.10 Å². The first kappa shape index (κ1) is 8.93. The minimum absolute atomic E-state index is 0.462. The number of benzene rings is 1. The molecular weight excluding hydrogens is 170 g/mol. The summed E-state index contributed by atoms with van der Waals surface area (Å²) in [5.74, 6) is 6.09. The van der Waals surface area contributed by atoms with E-state index < -0.39 is 0 Å². The number of thioether (sulfide) groups is 1. The Kier molecular flexibility index (Phi) is 3.47. The van der Waals surface area contributed by atoms with Gasteiger partial charge >= 0.3 is 0 Å². The molecule has 0 fully saturated rings. The van der Waals surface area contributed by atoms with Gasteiger partial charge in [0, 0.05) is 4.90 Å². The van der Waals surface area contributed by atoms with Crippen LogP contribution in [-0.4, -0.2) is 11.6 Å². The molecule has 64 valence electrons. The molecule has 3 nitrogen and oxygen atoms in total. The molecule has 1 aromatic rings. The first-order valence-corrected chi connectivity index (χ1v) is 4.51. The summed E-state index contributed by atoms with van der Waals surface area (Å²) in [4.78, 5) is 1.17. The Morgan fingerprint density at radius 2 is 2.00 bits per heavy atom. The molecule has 0 saturated heterocycles. The molecule has 0 aliphatic carbocycles. The maximum absolute atomic E-state index is 5.42. The average Bonchev–Trinajstić information content (AvgIpc) is 2.16. The third-order valence-electron chi connectivity index (χ3n) is 1.30. The number of nitrogens with two attached hydrogens (primary N) is 2. The van der Waals surface area contributed by atoms with E-state index in [-0.39, 0.29) is 0 Å². The molecule has 1 rings (SSSR count). The van der Waals surface area contributed by atoms with E-state index in [0.29, 0.717) is 11.6 Å². The van der Waals surface area contributed by atoms with Crippen LogP contribution in [0.5, 0.6) is 0 Å². The molecule has 0 atom stereocenters. The molecule has 1 aromatic carbocycles. The molecule has 4 heteroatoms. The Balaban J connectivity index is 2.44. The summed E-state index contributed by atoms with van der Waals surface area (Å²) in [6.07, 6.45) is 0. The summed E-state index contributed by atoms with van der Waals surface area (Å²) in [5, 5.41) is 3.38. The lowest BCUT2D eigenvalue weighted by atomic mass is 10.4. The molecule has 0 bridgehead atoms. The van der Waals surface area contributed by atoms with E-state index in [4.69, 9.17) is 11.6 Å². The van der Waals surface area contributed by atoms with Crippen LogP contribution >= 0.6 is 11.8 Å². The normalized spacial score (nSPS) is 11.5. The maximum Gasteiger partial charge on any atom is 0.129 e. The number of hydrazone groups is 1. The van der Waals surface area contributed by atoms with Gasteiger partial charge in [0.1, 0.15) is 5.84 Å². The number of amidine groups is 1. The van der Waals surface area contributed by atoms with Gasteiger partial charge in [0.25, 0.3) is 0 Å². The van der Waals surface area contributed by atoms with E-state index in [1.807, 2.05) is 30.3 Å². The van der Waals surface area contributed by atoms with Gasteiger partial charge in [-0.3, -0.25) is 0 Å². The summed E-state index contributed by atoms with van der Waals surface area (Å²) in [6, 6.07) is 9.99. The Hall–Kier alpha value is -1.16. The molecular formula is C8H11N3S. The molecule has 0 aliphatic heterocycles. The highest BCUT2D eigenvalue weighted by atomic mass is 32.2. The molecule has 0 heterocycles. The number of rotatable bonds is 3. The van der Waals surface area contributed by atoms with Crippen molar-refractivity contribution in [3.05, 3.63) is 30.3 Å². The van der Waals surface area contributed by atoms with Gasteiger partial charge in [0.15, 0.2) is 0 Å². The average molecular weight is 181 g/mol. The third-order valence-corrected chi connectivity index (χ3v) is 2.34. The monoisotopic (exact) mass is 181 g/mol. The predicted molar refractivity (Wildman–Crippen MR) is 53.0 cm³/mol. The molecule has 12 heavy (non-hydrogen) atoms. The van der Waals surface area contributed by atoms with Gasteiger partial charge in [-0.15, -0.1) is 11.8 Å². The maximum atomic E-state index is 5.42. The fourth-order valence-corrected chi connectivity index (χ4v) is 1.45. The Labute approximate surface area is 75.8 Å². The largest absolute Gasteiger partial charge is 0.385 e. The van der Waals surface area contributed by atoms with E-state index in [0.717, 1.165) is 0 Å². The minimum atomic E-state index is 0.462. The standard InChI is InChI=1S/C8H11N3S/c9-8(11-10)6-12-7-4-2-1-3-5-7/h1-5H,6,10H2,(H2,9,11). The van der Waals surface area contributed by atoms with Crippen LogP contribution in [0.3, 0.4) is 0 Å². The lowest BCUT2D eigenvalue weighted by Crippen LogP contribution is -2.16. The fraction of sp³-hybridized carbons (Fsp3) is 0.125. The summed E-state index contributed by atoms with van der Waals surface area (Å²) < 4.78 is 0. The second kappa shape index (κ2) is 4.66. The van der Waals surface area contributed by atoms with Crippen molar-refractivity contribution < 1.29 is 0 Å². The van der Waals surface area contributed by atoms with Gasteiger partial charge in [-0.05, 0) is 12.1 Å². The van der Waals surface area contributed by atoms with Crippen LogP contribution in [0, 0.1) is 0 Å². The van der Waals surface area contributed by atoms with Crippen molar-refractivity contribution in [3.8, 4) is 0 Å². The van der Waals surface area contributed by atoms with Gasteiger partial charge in [-0.25, -0.2) is 0 Å². The topological polar surface area (TPSA) is 64.4 Å². The van der Waals surface area contributed by atoms with Gasteiger partial charge in [0.05, 0.1) is 5.75 Å². The van der Waals surface area contributed by atoms with Crippen LogP contribution < -0.4 is 11.6 Å². The number of nitrogens with zero attached hydrogens (tertiary/aromatic N) is 1. The zero-order valence-corrected chi connectivity index (χ0v) is 7.42. The molecule has 0 saturated carbocycles. The van der Waals surface area contributed by atoms with E-state index in [1.165, 1.54) is 4.90 Å². The van der Waals surface area contributed by atoms with Crippen LogP contribution in [0.25, 0.3) is 0 Å². The lowest BCUT2D eigenvalue weighted by molar-refractivity contribution is 1.22. The van der Waals surface area contributed by atoms with Crippen molar-refractivity contribution in [1.82, 2.24) is 0 Å².